The Morgan fingerprint density at radius 3 is 2.83 bits per heavy atom. The molecule has 24 heavy (non-hydrogen) atoms. The molecule has 126 valence electrons. The van der Waals surface area contributed by atoms with Crippen LogP contribution in [0.3, 0.4) is 0 Å². The van der Waals surface area contributed by atoms with Crippen molar-refractivity contribution in [2.45, 2.75) is 19.0 Å². The lowest BCUT2D eigenvalue weighted by molar-refractivity contribution is -0.385. The Kier molecular flexibility index (Phi) is 4.30. The van der Waals surface area contributed by atoms with E-state index in [0.29, 0.717) is 19.8 Å². The number of carbonyl (C=O) groups excluding carboxylic acids is 1. The molecule has 1 aliphatic rings. The van der Waals surface area contributed by atoms with E-state index in [1.165, 1.54) is 10.9 Å². The van der Waals surface area contributed by atoms with Gasteiger partial charge in [0.2, 0.25) is 5.91 Å². The normalized spacial score (nSPS) is 20.8. The first-order valence-corrected chi connectivity index (χ1v) is 7.61. The summed E-state index contributed by atoms with van der Waals surface area (Å²) in [6.07, 6.45) is 2.40. The minimum atomic E-state index is -0.574. The first-order valence-electron chi connectivity index (χ1n) is 7.61. The fourth-order valence-electron chi connectivity index (χ4n) is 2.95. The van der Waals surface area contributed by atoms with E-state index in [1.54, 1.807) is 4.90 Å². The van der Waals surface area contributed by atoms with E-state index < -0.39 is 10.5 Å². The summed E-state index contributed by atoms with van der Waals surface area (Å²) < 4.78 is 6.89. The van der Waals surface area contributed by atoms with E-state index in [1.807, 2.05) is 37.3 Å². The Labute approximate surface area is 138 Å². The second-order valence-electron chi connectivity index (χ2n) is 5.89. The molecule has 0 unspecified atom stereocenters. The van der Waals surface area contributed by atoms with Crippen molar-refractivity contribution in [2.75, 3.05) is 19.8 Å². The highest BCUT2D eigenvalue weighted by atomic mass is 16.6. The van der Waals surface area contributed by atoms with Gasteiger partial charge in [0, 0.05) is 6.54 Å². The molecule has 1 aromatic heterocycles. The van der Waals surface area contributed by atoms with Crippen molar-refractivity contribution < 1.29 is 14.5 Å². The van der Waals surface area contributed by atoms with E-state index in [9.17, 15) is 14.9 Å². The van der Waals surface area contributed by atoms with Crippen molar-refractivity contribution >= 4 is 11.6 Å². The number of nitro groups is 1. The van der Waals surface area contributed by atoms with Gasteiger partial charge in [-0.3, -0.25) is 19.6 Å². The van der Waals surface area contributed by atoms with Crippen LogP contribution in [-0.2, 0) is 21.6 Å². The molecule has 3 rings (SSSR count). The number of morpholine rings is 1. The minimum Gasteiger partial charge on any atom is -0.377 e. The molecule has 2 heterocycles. The lowest BCUT2D eigenvalue weighted by Gasteiger charge is -2.45. The molecule has 1 amide bonds. The molecule has 0 spiro atoms. The highest BCUT2D eigenvalue weighted by Crippen LogP contribution is 2.31. The maximum atomic E-state index is 12.8. The summed E-state index contributed by atoms with van der Waals surface area (Å²) in [5.41, 5.74) is 0.287. The molecule has 0 N–H and O–H groups in total. The SMILES string of the molecule is C[C@@]1(c2ccccc2)COCCN1C(=O)Cn1cc([N+](=O)[O-])cn1. The number of benzene rings is 1. The highest BCUT2D eigenvalue weighted by Gasteiger charge is 2.39. The predicted octanol–water partition coefficient (Wildman–Crippen LogP) is 1.57. The summed E-state index contributed by atoms with van der Waals surface area (Å²) in [4.78, 5) is 24.7. The van der Waals surface area contributed by atoms with Crippen LogP contribution in [-0.4, -0.2) is 45.3 Å². The van der Waals surface area contributed by atoms with Crippen LogP contribution in [0.25, 0.3) is 0 Å². The summed E-state index contributed by atoms with van der Waals surface area (Å²) in [6.45, 7) is 3.25. The van der Waals surface area contributed by atoms with Gasteiger partial charge < -0.3 is 9.64 Å². The molecule has 1 saturated heterocycles. The quantitative estimate of drug-likeness (QED) is 0.627. The zero-order valence-corrected chi connectivity index (χ0v) is 13.3. The van der Waals surface area contributed by atoms with E-state index >= 15 is 0 Å². The average Bonchev–Trinajstić information content (AvgIpc) is 3.05. The van der Waals surface area contributed by atoms with Crippen LogP contribution in [0.2, 0.25) is 0 Å². The second kappa shape index (κ2) is 6.40. The van der Waals surface area contributed by atoms with Gasteiger partial charge in [0.15, 0.2) is 0 Å². The van der Waals surface area contributed by atoms with Crippen LogP contribution in [0.1, 0.15) is 12.5 Å². The Balaban J connectivity index is 1.82. The summed E-state index contributed by atoms with van der Waals surface area (Å²) in [6, 6.07) is 9.70. The third kappa shape index (κ3) is 3.00. The van der Waals surface area contributed by atoms with Crippen molar-refractivity contribution in [1.29, 1.82) is 0 Å². The van der Waals surface area contributed by atoms with Gasteiger partial charge in [-0.1, -0.05) is 30.3 Å². The Bertz CT molecular complexity index is 746. The second-order valence-corrected chi connectivity index (χ2v) is 5.89. The average molecular weight is 330 g/mol. The number of amides is 1. The topological polar surface area (TPSA) is 90.5 Å². The molecule has 1 aliphatic heterocycles. The van der Waals surface area contributed by atoms with E-state index in [2.05, 4.69) is 5.10 Å². The first-order chi connectivity index (χ1) is 11.5. The van der Waals surface area contributed by atoms with Crippen LogP contribution < -0.4 is 0 Å². The molecule has 2 aromatic rings. The third-order valence-electron chi connectivity index (χ3n) is 4.26. The Morgan fingerprint density at radius 1 is 1.42 bits per heavy atom. The summed E-state index contributed by atoms with van der Waals surface area (Å²) in [5.74, 6) is -0.150. The van der Waals surface area contributed by atoms with Crippen LogP contribution in [0.4, 0.5) is 5.69 Å². The van der Waals surface area contributed by atoms with Crippen LogP contribution in [0.5, 0.6) is 0 Å². The van der Waals surface area contributed by atoms with Gasteiger partial charge in [0.05, 0.1) is 23.7 Å². The van der Waals surface area contributed by atoms with Gasteiger partial charge in [-0.2, -0.15) is 5.10 Å². The first kappa shape index (κ1) is 16.1. The van der Waals surface area contributed by atoms with Crippen molar-refractivity contribution in [3.8, 4) is 0 Å². The highest BCUT2D eigenvalue weighted by molar-refractivity contribution is 5.77. The zero-order chi connectivity index (χ0) is 17.2. The molecular formula is C16H18N4O4. The maximum Gasteiger partial charge on any atom is 0.307 e. The number of aromatic nitrogens is 2. The monoisotopic (exact) mass is 330 g/mol. The van der Waals surface area contributed by atoms with Crippen LogP contribution in [0, 0.1) is 10.1 Å². The van der Waals surface area contributed by atoms with E-state index in [-0.39, 0.29) is 18.1 Å². The van der Waals surface area contributed by atoms with Gasteiger partial charge in [-0.25, -0.2) is 0 Å². The standard InChI is InChI=1S/C16H18N4O4/c1-16(13-5-3-2-4-6-13)12-24-8-7-19(16)15(21)11-18-10-14(9-17-18)20(22)23/h2-6,9-10H,7-8,11-12H2,1H3/t16-/m0/s1. The summed E-state index contributed by atoms with van der Waals surface area (Å²) in [5, 5.41) is 14.6. The third-order valence-corrected chi connectivity index (χ3v) is 4.26. The lowest BCUT2D eigenvalue weighted by Crippen LogP contribution is -2.56. The fraction of sp³-hybridized carbons (Fsp3) is 0.375. The molecule has 1 fully saturated rings. The van der Waals surface area contributed by atoms with E-state index in [0.717, 1.165) is 11.8 Å². The van der Waals surface area contributed by atoms with Gasteiger partial charge in [0.1, 0.15) is 18.9 Å². The molecule has 8 nitrogen and oxygen atoms in total. The van der Waals surface area contributed by atoms with Crippen molar-refractivity contribution in [1.82, 2.24) is 14.7 Å². The number of hydrogen-bond donors (Lipinski definition) is 0. The fourth-order valence-corrected chi connectivity index (χ4v) is 2.95. The van der Waals surface area contributed by atoms with Crippen LogP contribution in [0.15, 0.2) is 42.7 Å². The molecule has 0 bridgehead atoms. The molecule has 1 atom stereocenters. The zero-order valence-electron chi connectivity index (χ0n) is 13.3. The number of nitrogens with zero attached hydrogens (tertiary/aromatic N) is 4. The number of hydrogen-bond acceptors (Lipinski definition) is 5. The summed E-state index contributed by atoms with van der Waals surface area (Å²) in [7, 11) is 0. The van der Waals surface area contributed by atoms with Crippen molar-refractivity contribution in [2.24, 2.45) is 0 Å². The van der Waals surface area contributed by atoms with Gasteiger partial charge in [-0.15, -0.1) is 0 Å². The summed E-state index contributed by atoms with van der Waals surface area (Å²) >= 11 is 0. The van der Waals surface area contributed by atoms with Gasteiger partial charge in [-0.05, 0) is 12.5 Å². The van der Waals surface area contributed by atoms with Crippen molar-refractivity contribution in [3.63, 3.8) is 0 Å². The van der Waals surface area contributed by atoms with E-state index in [4.69, 9.17) is 4.74 Å². The molecule has 1 aromatic carbocycles. The maximum absolute atomic E-state index is 12.8. The lowest BCUT2D eigenvalue weighted by atomic mass is 9.89. The molecule has 0 aliphatic carbocycles. The molecule has 8 heteroatoms. The Morgan fingerprint density at radius 2 is 2.17 bits per heavy atom. The molecule has 0 saturated carbocycles. The van der Waals surface area contributed by atoms with Gasteiger partial charge in [0.25, 0.3) is 0 Å². The van der Waals surface area contributed by atoms with Crippen molar-refractivity contribution in [3.05, 3.63) is 58.4 Å². The molecule has 0 radical (unpaired) electrons. The number of carbonyl (C=O) groups is 1. The predicted molar refractivity (Wildman–Crippen MR) is 85.2 cm³/mol. The largest absolute Gasteiger partial charge is 0.377 e. The number of rotatable bonds is 4. The van der Waals surface area contributed by atoms with Gasteiger partial charge >= 0.3 is 5.69 Å². The number of ether oxygens (including phenoxy) is 1. The Hall–Kier alpha value is -2.74. The minimum absolute atomic E-state index is 0.0454. The smallest absolute Gasteiger partial charge is 0.307 e. The van der Waals surface area contributed by atoms with Crippen LogP contribution >= 0.6 is 0 Å². The molecular weight excluding hydrogens is 312 g/mol.